The maximum atomic E-state index is 12.3. The van der Waals surface area contributed by atoms with E-state index in [4.69, 9.17) is 0 Å². The van der Waals surface area contributed by atoms with E-state index in [-0.39, 0.29) is 11.3 Å². The van der Waals surface area contributed by atoms with Crippen molar-refractivity contribution in [3.05, 3.63) is 67.0 Å². The van der Waals surface area contributed by atoms with E-state index in [0.717, 1.165) is 11.1 Å². The van der Waals surface area contributed by atoms with E-state index in [9.17, 15) is 13.2 Å². The molecule has 1 amide bonds. The number of rotatable bonds is 5. The molecule has 0 atom stereocenters. The monoisotopic (exact) mass is 327 g/mol. The molecule has 0 radical (unpaired) electrons. The molecule has 0 aliphatic carbocycles. The van der Waals surface area contributed by atoms with E-state index in [0.29, 0.717) is 5.69 Å². The van der Waals surface area contributed by atoms with Crippen LogP contribution in [0.15, 0.2) is 71.9 Å². The van der Waals surface area contributed by atoms with Crippen LogP contribution in [0, 0.1) is 0 Å². The van der Waals surface area contributed by atoms with Gasteiger partial charge in [0.15, 0.2) is 0 Å². The zero-order valence-electron chi connectivity index (χ0n) is 12.0. The smallest absolute Gasteiger partial charge is 0.266 e. The largest absolute Gasteiger partial charge is 0.278 e. The molecule has 0 saturated heterocycles. The quantitative estimate of drug-likeness (QED) is 0.727. The first-order valence-electron chi connectivity index (χ1n) is 6.77. The number of nitrogens with zero attached hydrogens (tertiary/aromatic N) is 2. The zero-order chi connectivity index (χ0) is 16.3. The van der Waals surface area contributed by atoms with Crippen molar-refractivity contribution in [3.63, 3.8) is 0 Å². The Hall–Kier alpha value is -2.93. The first-order chi connectivity index (χ1) is 11.1. The second-order valence-electron chi connectivity index (χ2n) is 4.74. The van der Waals surface area contributed by atoms with E-state index in [1.54, 1.807) is 24.5 Å². The summed E-state index contributed by atoms with van der Waals surface area (Å²) in [4.78, 5) is 10.6. The van der Waals surface area contributed by atoms with Crippen molar-refractivity contribution in [2.75, 3.05) is 0 Å². The summed E-state index contributed by atoms with van der Waals surface area (Å²) in [6.45, 7) is 0. The van der Waals surface area contributed by atoms with Crippen molar-refractivity contribution in [1.82, 2.24) is 14.5 Å². The third-order valence-corrected chi connectivity index (χ3v) is 4.62. The van der Waals surface area contributed by atoms with Crippen LogP contribution in [-0.2, 0) is 14.8 Å². The normalized spacial score (nSPS) is 11.1. The van der Waals surface area contributed by atoms with Crippen LogP contribution >= 0.6 is 0 Å². The molecule has 0 fully saturated rings. The lowest BCUT2D eigenvalue weighted by Gasteiger charge is -2.12. The standard InChI is InChI=1S/C16H13N3O3S/c20-12-18-23(21,22)16-11-14(13-5-2-1-3-6-13)7-8-15(16)19-10-4-9-17-19/h1-12H,(H,18,20). The summed E-state index contributed by atoms with van der Waals surface area (Å²) in [5.41, 5.74) is 1.97. The fraction of sp³-hybridized carbons (Fsp3) is 0. The molecule has 0 spiro atoms. The van der Waals surface area contributed by atoms with Crippen LogP contribution in [0.2, 0.25) is 0 Å². The van der Waals surface area contributed by atoms with E-state index < -0.39 is 10.0 Å². The van der Waals surface area contributed by atoms with Gasteiger partial charge in [-0.25, -0.2) is 13.1 Å². The first-order valence-corrected chi connectivity index (χ1v) is 8.25. The van der Waals surface area contributed by atoms with Gasteiger partial charge in [0.1, 0.15) is 4.90 Å². The Kier molecular flexibility index (Phi) is 3.94. The first kappa shape index (κ1) is 15.0. The van der Waals surface area contributed by atoms with Crippen molar-refractivity contribution >= 4 is 16.4 Å². The molecule has 0 unspecified atom stereocenters. The SMILES string of the molecule is O=CNS(=O)(=O)c1cc(-c2ccccc2)ccc1-n1cccn1. The minimum Gasteiger partial charge on any atom is -0.278 e. The lowest BCUT2D eigenvalue weighted by molar-refractivity contribution is -0.108. The van der Waals surface area contributed by atoms with E-state index in [1.165, 1.54) is 10.7 Å². The van der Waals surface area contributed by atoms with Crippen LogP contribution < -0.4 is 4.72 Å². The highest BCUT2D eigenvalue weighted by Gasteiger charge is 2.20. The number of carbonyl (C=O) groups excluding carboxylic acids is 1. The van der Waals surface area contributed by atoms with Gasteiger partial charge in [0.05, 0.1) is 5.69 Å². The predicted molar refractivity (Wildman–Crippen MR) is 85.4 cm³/mol. The number of carbonyl (C=O) groups is 1. The van der Waals surface area contributed by atoms with Crippen molar-refractivity contribution in [1.29, 1.82) is 0 Å². The maximum absolute atomic E-state index is 12.3. The lowest BCUT2D eigenvalue weighted by atomic mass is 10.1. The average Bonchev–Trinajstić information content (AvgIpc) is 3.09. The molecule has 116 valence electrons. The third-order valence-electron chi connectivity index (χ3n) is 3.31. The summed E-state index contributed by atoms with van der Waals surface area (Å²) in [6.07, 6.45) is 3.34. The molecule has 1 aromatic heterocycles. The van der Waals surface area contributed by atoms with Crippen molar-refractivity contribution < 1.29 is 13.2 Å². The highest BCUT2D eigenvalue weighted by molar-refractivity contribution is 7.90. The van der Waals surface area contributed by atoms with Crippen LogP contribution in [0.1, 0.15) is 0 Å². The molecule has 3 rings (SSSR count). The van der Waals surface area contributed by atoms with Crippen LogP contribution in [0.4, 0.5) is 0 Å². The molecule has 1 heterocycles. The Labute approximate surface area is 133 Å². The van der Waals surface area contributed by atoms with Crippen LogP contribution in [0.25, 0.3) is 16.8 Å². The minimum atomic E-state index is -3.98. The molecular weight excluding hydrogens is 314 g/mol. The van der Waals surface area contributed by atoms with Gasteiger partial charge in [-0.15, -0.1) is 0 Å². The van der Waals surface area contributed by atoms with Gasteiger partial charge in [-0.3, -0.25) is 9.52 Å². The number of hydrogen-bond donors (Lipinski definition) is 1. The molecule has 2 aromatic carbocycles. The van der Waals surface area contributed by atoms with Gasteiger partial charge >= 0.3 is 0 Å². The van der Waals surface area contributed by atoms with Gasteiger partial charge in [0.2, 0.25) is 6.41 Å². The minimum absolute atomic E-state index is 0.0188. The summed E-state index contributed by atoms with van der Waals surface area (Å²) in [5.74, 6) is 0. The van der Waals surface area contributed by atoms with Crippen molar-refractivity contribution in [3.8, 4) is 16.8 Å². The second-order valence-corrected chi connectivity index (χ2v) is 6.42. The predicted octanol–water partition coefficient (Wildman–Crippen LogP) is 1.97. The third kappa shape index (κ3) is 3.00. The number of hydrogen-bond acceptors (Lipinski definition) is 4. The van der Waals surface area contributed by atoms with Gasteiger partial charge in [-0.1, -0.05) is 36.4 Å². The second kappa shape index (κ2) is 6.05. The number of amides is 1. The molecule has 3 aromatic rings. The van der Waals surface area contributed by atoms with Gasteiger partial charge in [-0.2, -0.15) is 5.10 Å². The lowest BCUT2D eigenvalue weighted by Crippen LogP contribution is -2.23. The topological polar surface area (TPSA) is 81.1 Å². The van der Waals surface area contributed by atoms with E-state index in [1.807, 2.05) is 41.1 Å². The number of nitrogens with one attached hydrogen (secondary N) is 1. The molecule has 1 N–H and O–H groups in total. The highest BCUT2D eigenvalue weighted by Crippen LogP contribution is 2.27. The van der Waals surface area contributed by atoms with Crippen molar-refractivity contribution in [2.24, 2.45) is 0 Å². The molecule has 0 aliphatic heterocycles. The number of benzene rings is 2. The summed E-state index contributed by atoms with van der Waals surface area (Å²) < 4.78 is 28.0. The molecule has 0 saturated carbocycles. The Balaban J connectivity index is 2.21. The average molecular weight is 327 g/mol. The summed E-state index contributed by atoms with van der Waals surface area (Å²) >= 11 is 0. The molecule has 6 nitrogen and oxygen atoms in total. The Morgan fingerprint density at radius 2 is 1.78 bits per heavy atom. The van der Waals surface area contributed by atoms with E-state index in [2.05, 4.69) is 5.10 Å². The van der Waals surface area contributed by atoms with Crippen molar-refractivity contribution in [2.45, 2.75) is 4.90 Å². The zero-order valence-corrected chi connectivity index (χ0v) is 12.8. The molecule has 0 bridgehead atoms. The molecule has 0 aliphatic rings. The molecule has 7 heteroatoms. The molecular formula is C16H13N3O3S. The van der Waals surface area contributed by atoms with Gasteiger partial charge < -0.3 is 0 Å². The van der Waals surface area contributed by atoms with Gasteiger partial charge in [0.25, 0.3) is 10.0 Å². The maximum Gasteiger partial charge on any atom is 0.266 e. The van der Waals surface area contributed by atoms with E-state index >= 15 is 0 Å². The fourth-order valence-electron chi connectivity index (χ4n) is 2.27. The van der Waals surface area contributed by atoms with Crippen LogP contribution in [0.5, 0.6) is 0 Å². The van der Waals surface area contributed by atoms with Crippen LogP contribution in [-0.4, -0.2) is 24.6 Å². The number of aromatic nitrogens is 2. The summed E-state index contributed by atoms with van der Waals surface area (Å²) in [5, 5.41) is 4.06. The number of sulfonamides is 1. The summed E-state index contributed by atoms with van der Waals surface area (Å²) in [7, 11) is -3.98. The Morgan fingerprint density at radius 1 is 1.00 bits per heavy atom. The van der Waals surface area contributed by atoms with Gasteiger partial charge in [0, 0.05) is 12.4 Å². The fourth-order valence-corrected chi connectivity index (χ4v) is 3.24. The Morgan fingerprint density at radius 3 is 2.43 bits per heavy atom. The summed E-state index contributed by atoms with van der Waals surface area (Å²) in [6, 6.07) is 16.1. The van der Waals surface area contributed by atoms with Crippen LogP contribution in [0.3, 0.4) is 0 Å². The molecule has 23 heavy (non-hydrogen) atoms. The Bertz CT molecular complexity index is 920. The highest BCUT2D eigenvalue weighted by atomic mass is 32.2. The van der Waals surface area contributed by atoms with Gasteiger partial charge in [-0.05, 0) is 29.3 Å².